The first kappa shape index (κ1) is 13.6. The predicted molar refractivity (Wildman–Crippen MR) is 79.8 cm³/mol. The summed E-state index contributed by atoms with van der Waals surface area (Å²) in [7, 11) is 0. The summed E-state index contributed by atoms with van der Waals surface area (Å²) in [6, 6.07) is 8.64. The highest BCUT2D eigenvalue weighted by molar-refractivity contribution is 6.42. The average Bonchev–Trinajstić information content (AvgIpc) is 2.43. The van der Waals surface area contributed by atoms with Gasteiger partial charge in [-0.3, -0.25) is 0 Å². The molecule has 0 fully saturated rings. The summed E-state index contributed by atoms with van der Waals surface area (Å²) >= 11 is 12.0. The molecule has 0 saturated heterocycles. The Labute approximate surface area is 126 Å². The molecule has 20 heavy (non-hydrogen) atoms. The van der Waals surface area contributed by atoms with Gasteiger partial charge in [-0.15, -0.1) is 0 Å². The van der Waals surface area contributed by atoms with Crippen LogP contribution < -0.4 is 5.32 Å². The van der Waals surface area contributed by atoms with Crippen molar-refractivity contribution in [2.24, 2.45) is 0 Å². The van der Waals surface area contributed by atoms with Crippen molar-refractivity contribution in [1.82, 2.24) is 5.32 Å². The first-order chi connectivity index (χ1) is 9.56. The second kappa shape index (κ2) is 5.17. The summed E-state index contributed by atoms with van der Waals surface area (Å²) in [5, 5.41) is 23.7. The lowest BCUT2D eigenvalue weighted by Gasteiger charge is -2.28. The molecule has 0 bridgehead atoms. The first-order valence-corrected chi connectivity index (χ1v) is 7.05. The molecule has 0 aromatic heterocycles. The third kappa shape index (κ3) is 2.33. The number of aromatic hydroxyl groups is 2. The fourth-order valence-corrected chi connectivity index (χ4v) is 2.88. The van der Waals surface area contributed by atoms with Crippen LogP contribution >= 0.6 is 23.2 Å². The molecule has 1 atom stereocenters. The fourth-order valence-electron chi connectivity index (χ4n) is 2.57. The highest BCUT2D eigenvalue weighted by Gasteiger charge is 2.23. The lowest BCUT2D eigenvalue weighted by molar-refractivity contribution is 0.400. The standard InChI is InChI=1S/C15H13Cl2NO2/c16-11-2-1-9(5-12(11)17)15-10-7-14(20)13(19)6-8(10)3-4-18-15/h1-2,5-7,15,18-20H,3-4H2/t15-/m0/s1. The van der Waals surface area contributed by atoms with E-state index in [9.17, 15) is 10.2 Å². The quantitative estimate of drug-likeness (QED) is 0.705. The minimum absolute atomic E-state index is 0.0694. The Morgan fingerprint density at radius 3 is 2.50 bits per heavy atom. The molecule has 0 radical (unpaired) electrons. The molecular formula is C15H13Cl2NO2. The van der Waals surface area contributed by atoms with Crippen molar-refractivity contribution >= 4 is 23.2 Å². The highest BCUT2D eigenvalue weighted by Crippen LogP contribution is 2.37. The Bertz CT molecular complexity index is 673. The second-order valence-corrected chi connectivity index (χ2v) is 5.66. The molecule has 0 unspecified atom stereocenters. The van der Waals surface area contributed by atoms with E-state index in [0.717, 1.165) is 29.7 Å². The molecule has 3 N–H and O–H groups in total. The van der Waals surface area contributed by atoms with Crippen LogP contribution in [0.4, 0.5) is 0 Å². The van der Waals surface area contributed by atoms with Gasteiger partial charge in [-0.1, -0.05) is 29.3 Å². The van der Waals surface area contributed by atoms with Crippen molar-refractivity contribution in [2.45, 2.75) is 12.5 Å². The van der Waals surface area contributed by atoms with Gasteiger partial charge in [-0.05, 0) is 47.4 Å². The number of benzene rings is 2. The van der Waals surface area contributed by atoms with Crippen molar-refractivity contribution in [3.8, 4) is 11.5 Å². The zero-order valence-electron chi connectivity index (χ0n) is 10.5. The van der Waals surface area contributed by atoms with Crippen LogP contribution in [0, 0.1) is 0 Å². The van der Waals surface area contributed by atoms with Crippen LogP contribution in [0.5, 0.6) is 11.5 Å². The highest BCUT2D eigenvalue weighted by atomic mass is 35.5. The molecule has 5 heteroatoms. The Hall–Kier alpha value is -1.42. The van der Waals surface area contributed by atoms with Gasteiger partial charge < -0.3 is 15.5 Å². The minimum atomic E-state index is -0.113. The van der Waals surface area contributed by atoms with Gasteiger partial charge in [0.1, 0.15) is 0 Å². The maximum absolute atomic E-state index is 9.71. The van der Waals surface area contributed by atoms with E-state index in [0.29, 0.717) is 10.0 Å². The van der Waals surface area contributed by atoms with Crippen LogP contribution in [0.15, 0.2) is 30.3 Å². The van der Waals surface area contributed by atoms with E-state index in [1.807, 2.05) is 12.1 Å². The molecule has 104 valence electrons. The van der Waals surface area contributed by atoms with Crippen molar-refractivity contribution in [1.29, 1.82) is 0 Å². The third-order valence-electron chi connectivity index (χ3n) is 3.57. The molecule has 1 aliphatic rings. The topological polar surface area (TPSA) is 52.5 Å². The number of phenolic OH excluding ortho intramolecular Hbond substituents is 2. The lowest BCUT2D eigenvalue weighted by Crippen LogP contribution is -2.30. The summed E-state index contributed by atoms with van der Waals surface area (Å²) in [5.41, 5.74) is 2.95. The van der Waals surface area contributed by atoms with E-state index in [1.165, 1.54) is 0 Å². The number of fused-ring (bicyclic) bond motifs is 1. The maximum atomic E-state index is 9.71. The molecule has 1 aliphatic heterocycles. The third-order valence-corrected chi connectivity index (χ3v) is 4.31. The second-order valence-electron chi connectivity index (χ2n) is 4.85. The molecule has 0 saturated carbocycles. The molecule has 2 aromatic carbocycles. The van der Waals surface area contributed by atoms with E-state index in [2.05, 4.69) is 5.32 Å². The van der Waals surface area contributed by atoms with Crippen LogP contribution in [0.3, 0.4) is 0 Å². The zero-order valence-corrected chi connectivity index (χ0v) is 12.0. The van der Waals surface area contributed by atoms with Crippen LogP contribution in [-0.2, 0) is 6.42 Å². The summed E-state index contributed by atoms with van der Waals surface area (Å²) in [4.78, 5) is 0. The van der Waals surface area contributed by atoms with Gasteiger partial charge in [0.05, 0.1) is 16.1 Å². The van der Waals surface area contributed by atoms with Crippen LogP contribution in [0.2, 0.25) is 10.0 Å². The van der Waals surface area contributed by atoms with E-state index >= 15 is 0 Å². The van der Waals surface area contributed by atoms with Crippen LogP contribution in [0.1, 0.15) is 22.7 Å². The normalized spacial score (nSPS) is 17.8. The Balaban J connectivity index is 2.09. The number of rotatable bonds is 1. The number of phenols is 2. The monoisotopic (exact) mass is 309 g/mol. The van der Waals surface area contributed by atoms with E-state index in [-0.39, 0.29) is 17.5 Å². The van der Waals surface area contributed by atoms with Gasteiger partial charge in [0.15, 0.2) is 11.5 Å². The smallest absolute Gasteiger partial charge is 0.157 e. The van der Waals surface area contributed by atoms with Crippen molar-refractivity contribution in [2.75, 3.05) is 6.54 Å². The summed E-state index contributed by atoms with van der Waals surface area (Å²) in [6.07, 6.45) is 0.807. The number of nitrogens with one attached hydrogen (secondary N) is 1. The molecule has 0 amide bonds. The van der Waals surface area contributed by atoms with Gasteiger partial charge in [0.25, 0.3) is 0 Å². The molecule has 0 aliphatic carbocycles. The largest absolute Gasteiger partial charge is 0.504 e. The number of hydrogen-bond acceptors (Lipinski definition) is 3. The van der Waals surface area contributed by atoms with Gasteiger partial charge in [-0.25, -0.2) is 0 Å². The van der Waals surface area contributed by atoms with Gasteiger partial charge in [-0.2, -0.15) is 0 Å². The maximum Gasteiger partial charge on any atom is 0.157 e. The molecule has 3 rings (SSSR count). The van der Waals surface area contributed by atoms with Crippen molar-refractivity contribution in [3.63, 3.8) is 0 Å². The lowest BCUT2D eigenvalue weighted by atomic mass is 9.89. The van der Waals surface area contributed by atoms with Crippen LogP contribution in [-0.4, -0.2) is 16.8 Å². The van der Waals surface area contributed by atoms with E-state index in [1.54, 1.807) is 18.2 Å². The van der Waals surface area contributed by atoms with Gasteiger partial charge in [0.2, 0.25) is 0 Å². The Kier molecular flexibility index (Phi) is 3.50. The van der Waals surface area contributed by atoms with Crippen molar-refractivity contribution < 1.29 is 10.2 Å². The molecule has 1 heterocycles. The SMILES string of the molecule is Oc1cc2c(cc1O)[C@H](c1ccc(Cl)c(Cl)c1)NCC2. The van der Waals surface area contributed by atoms with Crippen LogP contribution in [0.25, 0.3) is 0 Å². The van der Waals surface area contributed by atoms with Gasteiger partial charge >= 0.3 is 0 Å². The Morgan fingerprint density at radius 2 is 1.75 bits per heavy atom. The number of halogens is 2. The summed E-state index contributed by atoms with van der Waals surface area (Å²) in [6.45, 7) is 0.794. The molecule has 0 spiro atoms. The summed E-state index contributed by atoms with van der Waals surface area (Å²) < 4.78 is 0. The number of hydrogen-bond donors (Lipinski definition) is 3. The first-order valence-electron chi connectivity index (χ1n) is 6.29. The Morgan fingerprint density at radius 1 is 1.00 bits per heavy atom. The minimum Gasteiger partial charge on any atom is -0.504 e. The summed E-state index contributed by atoms with van der Waals surface area (Å²) in [5.74, 6) is -0.198. The molecule has 2 aromatic rings. The van der Waals surface area contributed by atoms with E-state index in [4.69, 9.17) is 23.2 Å². The fraction of sp³-hybridized carbons (Fsp3) is 0.200. The van der Waals surface area contributed by atoms with Crippen molar-refractivity contribution in [3.05, 3.63) is 57.1 Å². The van der Waals surface area contributed by atoms with E-state index < -0.39 is 0 Å². The molecule has 3 nitrogen and oxygen atoms in total. The predicted octanol–water partition coefficient (Wildman–Crippen LogP) is 3.64. The average molecular weight is 310 g/mol. The molecular weight excluding hydrogens is 297 g/mol. The van der Waals surface area contributed by atoms with Gasteiger partial charge in [0, 0.05) is 6.54 Å². The zero-order chi connectivity index (χ0) is 14.3.